The lowest BCUT2D eigenvalue weighted by Gasteiger charge is -2.38. The van der Waals surface area contributed by atoms with Crippen molar-refractivity contribution < 1.29 is 14.6 Å². The van der Waals surface area contributed by atoms with E-state index in [9.17, 15) is 5.11 Å². The van der Waals surface area contributed by atoms with Gasteiger partial charge in [0.15, 0.2) is 5.75 Å². The van der Waals surface area contributed by atoms with Gasteiger partial charge >= 0.3 is 0 Å². The number of morpholine rings is 1. The minimum atomic E-state index is 0.00776. The molecule has 3 aromatic rings. The van der Waals surface area contributed by atoms with E-state index in [4.69, 9.17) is 19.4 Å². The molecule has 6 rings (SSSR count). The molecule has 0 bridgehead atoms. The topological polar surface area (TPSA) is 87.1 Å². The van der Waals surface area contributed by atoms with Gasteiger partial charge in [-0.05, 0) is 65.2 Å². The zero-order valence-corrected chi connectivity index (χ0v) is 23.5. The number of likely N-dealkylation sites (tertiary alicyclic amines) is 2. The van der Waals surface area contributed by atoms with E-state index in [1.807, 2.05) is 0 Å². The Morgan fingerprint density at radius 1 is 1.11 bits per heavy atom. The predicted molar refractivity (Wildman–Crippen MR) is 150 cm³/mol. The number of aryl methyl sites for hydroxylation is 1. The first-order valence-corrected chi connectivity index (χ1v) is 14.7. The van der Waals surface area contributed by atoms with E-state index in [2.05, 4.69) is 33.5 Å². The Morgan fingerprint density at radius 3 is 2.58 bits per heavy atom. The fraction of sp³-hybridized carbons (Fsp3) is 0.607. The van der Waals surface area contributed by atoms with Gasteiger partial charge in [-0.2, -0.15) is 0 Å². The number of piperidine rings is 1. The zero-order valence-electron chi connectivity index (χ0n) is 22.6. The summed E-state index contributed by atoms with van der Waals surface area (Å²) in [7, 11) is 1.50. The quantitative estimate of drug-likeness (QED) is 0.499. The third-order valence-corrected chi connectivity index (χ3v) is 9.57. The lowest BCUT2D eigenvalue weighted by Crippen LogP contribution is -2.45. The molecule has 0 spiro atoms. The summed E-state index contributed by atoms with van der Waals surface area (Å²) >= 11 is 1.74. The van der Waals surface area contributed by atoms with E-state index in [1.165, 1.54) is 49.8 Å². The SMILES string of the molecule is COc1ncc(-c2nc(N3CCOCC3)nc3c(CN4CCC(N5CCCC5C)CC4)c(C)sc23)cc1O. The predicted octanol–water partition coefficient (Wildman–Crippen LogP) is 4.06. The number of hydrogen-bond acceptors (Lipinski definition) is 10. The van der Waals surface area contributed by atoms with Crippen molar-refractivity contribution in [3.8, 4) is 22.9 Å². The lowest BCUT2D eigenvalue weighted by molar-refractivity contribution is 0.100. The minimum absolute atomic E-state index is 0.00776. The summed E-state index contributed by atoms with van der Waals surface area (Å²) in [5.74, 6) is 0.933. The highest BCUT2D eigenvalue weighted by Crippen LogP contribution is 2.40. The molecule has 38 heavy (non-hydrogen) atoms. The van der Waals surface area contributed by atoms with Crippen LogP contribution in [0, 0.1) is 6.92 Å². The van der Waals surface area contributed by atoms with E-state index in [0.29, 0.717) is 19.2 Å². The van der Waals surface area contributed by atoms with E-state index >= 15 is 0 Å². The Morgan fingerprint density at radius 2 is 1.89 bits per heavy atom. The molecule has 0 aromatic carbocycles. The second kappa shape index (κ2) is 10.9. The van der Waals surface area contributed by atoms with Crippen molar-refractivity contribution in [1.82, 2.24) is 24.8 Å². The molecular weight excluding hydrogens is 500 g/mol. The molecule has 9 nitrogen and oxygen atoms in total. The molecule has 1 unspecified atom stereocenters. The van der Waals surface area contributed by atoms with E-state index in [1.54, 1.807) is 23.6 Å². The van der Waals surface area contributed by atoms with Crippen LogP contribution in [0.2, 0.25) is 0 Å². The summed E-state index contributed by atoms with van der Waals surface area (Å²) in [6.45, 7) is 11.9. The second-order valence-electron chi connectivity index (χ2n) is 10.8. The van der Waals surface area contributed by atoms with Crippen LogP contribution in [-0.4, -0.2) is 95.0 Å². The van der Waals surface area contributed by atoms with Crippen molar-refractivity contribution in [2.75, 3.05) is 57.9 Å². The molecule has 1 atom stereocenters. The highest BCUT2D eigenvalue weighted by molar-refractivity contribution is 7.19. The number of anilines is 1. The normalized spacial score (nSPS) is 22.0. The number of fused-ring (bicyclic) bond motifs is 1. The minimum Gasteiger partial charge on any atom is -0.503 e. The van der Waals surface area contributed by atoms with Gasteiger partial charge < -0.3 is 19.5 Å². The van der Waals surface area contributed by atoms with Crippen LogP contribution in [0.1, 0.15) is 43.0 Å². The van der Waals surface area contributed by atoms with Gasteiger partial charge in [-0.25, -0.2) is 15.0 Å². The number of aromatic nitrogens is 3. The van der Waals surface area contributed by atoms with Gasteiger partial charge in [0, 0.05) is 53.9 Å². The fourth-order valence-corrected chi connectivity index (χ4v) is 7.38. The third kappa shape index (κ3) is 4.95. The number of pyridine rings is 1. The van der Waals surface area contributed by atoms with Crippen LogP contribution in [0.15, 0.2) is 12.3 Å². The molecule has 204 valence electrons. The van der Waals surface area contributed by atoms with Gasteiger partial charge in [0.1, 0.15) is 0 Å². The molecular formula is C28H38N6O3S. The molecule has 0 saturated carbocycles. The average Bonchev–Trinajstić information content (AvgIpc) is 3.51. The lowest BCUT2D eigenvalue weighted by atomic mass is 10.0. The Balaban J connectivity index is 1.33. The van der Waals surface area contributed by atoms with Crippen molar-refractivity contribution in [3.63, 3.8) is 0 Å². The van der Waals surface area contributed by atoms with E-state index in [-0.39, 0.29) is 11.6 Å². The first kappa shape index (κ1) is 25.7. The van der Waals surface area contributed by atoms with Crippen LogP contribution >= 0.6 is 11.3 Å². The molecule has 3 saturated heterocycles. The third-order valence-electron chi connectivity index (χ3n) is 8.42. The average molecular weight is 539 g/mol. The number of hydrogen-bond donors (Lipinski definition) is 1. The fourth-order valence-electron chi connectivity index (χ4n) is 6.27. The van der Waals surface area contributed by atoms with Crippen molar-refractivity contribution in [2.24, 2.45) is 0 Å². The number of methoxy groups -OCH3 is 1. The maximum atomic E-state index is 10.5. The molecule has 10 heteroatoms. The maximum absolute atomic E-state index is 10.5. The van der Waals surface area contributed by atoms with Crippen molar-refractivity contribution >= 4 is 27.5 Å². The van der Waals surface area contributed by atoms with Gasteiger partial charge in [0.25, 0.3) is 5.88 Å². The van der Waals surface area contributed by atoms with Crippen LogP contribution in [0.3, 0.4) is 0 Å². The second-order valence-corrected chi connectivity index (χ2v) is 12.0. The molecule has 3 aliphatic rings. The summed E-state index contributed by atoms with van der Waals surface area (Å²) in [6.07, 6.45) is 6.89. The molecule has 6 heterocycles. The summed E-state index contributed by atoms with van der Waals surface area (Å²) < 4.78 is 11.8. The van der Waals surface area contributed by atoms with Gasteiger partial charge in [0.05, 0.1) is 36.2 Å². The number of rotatable bonds is 6. The van der Waals surface area contributed by atoms with Gasteiger partial charge in [0.2, 0.25) is 5.95 Å². The molecule has 0 amide bonds. The molecule has 0 aliphatic carbocycles. The summed E-state index contributed by atoms with van der Waals surface area (Å²) in [4.78, 5) is 23.3. The largest absolute Gasteiger partial charge is 0.503 e. The van der Waals surface area contributed by atoms with Crippen molar-refractivity contribution in [3.05, 3.63) is 22.7 Å². The number of thiophene rings is 1. The Labute approximate surface area is 228 Å². The summed E-state index contributed by atoms with van der Waals surface area (Å²) in [5, 5.41) is 10.5. The number of aromatic hydroxyl groups is 1. The molecule has 0 radical (unpaired) electrons. The molecule has 1 N–H and O–H groups in total. The van der Waals surface area contributed by atoms with E-state index in [0.717, 1.165) is 66.3 Å². The smallest absolute Gasteiger partial charge is 0.256 e. The molecule has 3 fully saturated rings. The molecule has 3 aromatic heterocycles. The highest BCUT2D eigenvalue weighted by atomic mass is 32.1. The number of nitrogens with zero attached hydrogens (tertiary/aromatic N) is 6. The van der Waals surface area contributed by atoms with Crippen LogP contribution in [0.4, 0.5) is 5.95 Å². The van der Waals surface area contributed by atoms with Gasteiger partial charge in [-0.1, -0.05) is 0 Å². The summed E-state index contributed by atoms with van der Waals surface area (Å²) in [6, 6.07) is 3.15. The van der Waals surface area contributed by atoms with Gasteiger partial charge in [-0.3, -0.25) is 9.80 Å². The summed E-state index contributed by atoms with van der Waals surface area (Å²) in [5.41, 5.74) is 3.88. The number of ether oxygens (including phenoxy) is 2. The van der Waals surface area contributed by atoms with Crippen LogP contribution in [0.25, 0.3) is 21.5 Å². The van der Waals surface area contributed by atoms with Crippen molar-refractivity contribution in [2.45, 2.75) is 58.2 Å². The van der Waals surface area contributed by atoms with Crippen molar-refractivity contribution in [1.29, 1.82) is 0 Å². The maximum Gasteiger partial charge on any atom is 0.256 e. The van der Waals surface area contributed by atoms with Crippen LogP contribution in [-0.2, 0) is 11.3 Å². The Kier molecular flexibility index (Phi) is 7.39. The van der Waals surface area contributed by atoms with Crippen LogP contribution in [0.5, 0.6) is 11.6 Å². The highest BCUT2D eigenvalue weighted by Gasteiger charge is 2.31. The first-order chi connectivity index (χ1) is 18.5. The molecule has 3 aliphatic heterocycles. The Bertz CT molecular complexity index is 1290. The van der Waals surface area contributed by atoms with Crippen LogP contribution < -0.4 is 9.64 Å². The first-order valence-electron chi connectivity index (χ1n) is 13.9. The monoisotopic (exact) mass is 538 g/mol. The Hall–Kier alpha value is -2.53. The standard InChI is InChI=1S/C28H38N6O3S/c1-18-5-4-8-34(18)21-6-9-32(10-7-21)17-22-19(2)38-26-24(20-15-23(35)27(36-3)29-16-20)30-28(31-25(22)26)33-11-13-37-14-12-33/h15-16,18,21,35H,4-14,17H2,1-3H3. The van der Waals surface area contributed by atoms with E-state index < -0.39 is 0 Å². The zero-order chi connectivity index (χ0) is 26.2. The van der Waals surface area contributed by atoms with Gasteiger partial charge in [-0.15, -0.1) is 11.3 Å².